The molecule has 1 rings (SSSR count). The number of esters is 1. The molecule has 1 saturated heterocycles. The number of hydrogen-bond donors (Lipinski definition) is 0. The molecule has 1 aliphatic heterocycles. The molecule has 0 saturated carbocycles. The molecule has 1 amide bonds. The van der Waals surface area contributed by atoms with Crippen molar-refractivity contribution < 1.29 is 19.1 Å². The van der Waals surface area contributed by atoms with E-state index < -0.39 is 5.41 Å². The van der Waals surface area contributed by atoms with Gasteiger partial charge in [0, 0.05) is 25.1 Å². The molecule has 0 aromatic heterocycles. The predicted octanol–water partition coefficient (Wildman–Crippen LogP) is 1.99. The summed E-state index contributed by atoms with van der Waals surface area (Å²) in [5.74, 6) is -0.205. The van der Waals surface area contributed by atoms with Crippen LogP contribution in [0.2, 0.25) is 0 Å². The molecular formula is C15H27NO4. The van der Waals surface area contributed by atoms with Crippen LogP contribution in [0.1, 0.15) is 46.5 Å². The molecule has 1 atom stereocenters. The lowest BCUT2D eigenvalue weighted by molar-refractivity contribution is -0.145. The minimum Gasteiger partial charge on any atom is -0.469 e. The molecule has 5 heteroatoms. The fourth-order valence-corrected chi connectivity index (χ4v) is 2.22. The fourth-order valence-electron chi connectivity index (χ4n) is 2.22. The van der Waals surface area contributed by atoms with Crippen LogP contribution in [0.25, 0.3) is 0 Å². The van der Waals surface area contributed by atoms with E-state index in [1.807, 2.05) is 20.8 Å². The summed E-state index contributed by atoms with van der Waals surface area (Å²) in [5.41, 5.74) is -0.408. The standard InChI is InChI=1S/C15H27NO4/c1-5-15(2,3)14(18)16(9-8-13(17)19-4)11-12-7-6-10-20-12/h12H,5-11H2,1-4H3. The molecule has 0 aliphatic carbocycles. The highest BCUT2D eigenvalue weighted by Gasteiger charge is 2.32. The van der Waals surface area contributed by atoms with Crippen molar-refractivity contribution in [3.63, 3.8) is 0 Å². The highest BCUT2D eigenvalue weighted by molar-refractivity contribution is 5.82. The molecule has 0 bridgehead atoms. The van der Waals surface area contributed by atoms with Crippen molar-refractivity contribution in [1.82, 2.24) is 4.90 Å². The Morgan fingerprint density at radius 3 is 2.60 bits per heavy atom. The molecule has 1 heterocycles. The van der Waals surface area contributed by atoms with Crippen LogP contribution in [-0.4, -0.2) is 49.7 Å². The van der Waals surface area contributed by atoms with E-state index in [2.05, 4.69) is 4.74 Å². The van der Waals surface area contributed by atoms with Gasteiger partial charge in [0.05, 0.1) is 19.6 Å². The van der Waals surface area contributed by atoms with E-state index in [4.69, 9.17) is 4.74 Å². The topological polar surface area (TPSA) is 55.8 Å². The molecule has 20 heavy (non-hydrogen) atoms. The normalized spacial score (nSPS) is 18.9. The van der Waals surface area contributed by atoms with Crippen LogP contribution >= 0.6 is 0 Å². The van der Waals surface area contributed by atoms with Gasteiger partial charge in [-0.15, -0.1) is 0 Å². The lowest BCUT2D eigenvalue weighted by Crippen LogP contribution is -2.45. The van der Waals surface area contributed by atoms with E-state index in [1.54, 1.807) is 4.90 Å². The second-order valence-electron chi connectivity index (χ2n) is 5.95. The van der Waals surface area contributed by atoms with Crippen LogP contribution in [-0.2, 0) is 19.1 Å². The summed E-state index contributed by atoms with van der Waals surface area (Å²) in [6, 6.07) is 0. The number of carbonyl (C=O) groups excluding carboxylic acids is 2. The van der Waals surface area contributed by atoms with Crippen LogP contribution < -0.4 is 0 Å². The van der Waals surface area contributed by atoms with Crippen molar-refractivity contribution in [2.45, 2.75) is 52.6 Å². The number of carbonyl (C=O) groups is 2. The Morgan fingerprint density at radius 1 is 1.40 bits per heavy atom. The lowest BCUT2D eigenvalue weighted by Gasteiger charge is -2.32. The van der Waals surface area contributed by atoms with E-state index in [0.717, 1.165) is 25.9 Å². The molecule has 0 aromatic carbocycles. The Morgan fingerprint density at radius 2 is 2.10 bits per heavy atom. The van der Waals surface area contributed by atoms with Gasteiger partial charge in [-0.1, -0.05) is 20.8 Å². The first kappa shape index (κ1) is 17.0. The van der Waals surface area contributed by atoms with Crippen LogP contribution in [0.5, 0.6) is 0 Å². The molecule has 1 fully saturated rings. The summed E-state index contributed by atoms with van der Waals surface area (Å²) in [6.45, 7) is 7.61. The van der Waals surface area contributed by atoms with Crippen LogP contribution in [0.3, 0.4) is 0 Å². The van der Waals surface area contributed by atoms with Crippen molar-refractivity contribution in [3.8, 4) is 0 Å². The highest BCUT2D eigenvalue weighted by atomic mass is 16.5. The van der Waals surface area contributed by atoms with Crippen molar-refractivity contribution in [2.75, 3.05) is 26.8 Å². The second-order valence-corrected chi connectivity index (χ2v) is 5.95. The maximum absolute atomic E-state index is 12.6. The van der Waals surface area contributed by atoms with Crippen molar-refractivity contribution in [3.05, 3.63) is 0 Å². The molecular weight excluding hydrogens is 258 g/mol. The van der Waals surface area contributed by atoms with Crippen LogP contribution in [0, 0.1) is 5.41 Å². The Hall–Kier alpha value is -1.10. The van der Waals surface area contributed by atoms with Crippen LogP contribution in [0.4, 0.5) is 0 Å². The number of rotatable bonds is 7. The number of amides is 1. The van der Waals surface area contributed by atoms with Gasteiger partial charge in [-0.25, -0.2) is 0 Å². The van der Waals surface area contributed by atoms with Gasteiger partial charge in [-0.05, 0) is 19.3 Å². The van der Waals surface area contributed by atoms with E-state index >= 15 is 0 Å². The van der Waals surface area contributed by atoms with E-state index in [1.165, 1.54) is 7.11 Å². The first-order chi connectivity index (χ1) is 9.40. The lowest BCUT2D eigenvalue weighted by atomic mass is 9.88. The smallest absolute Gasteiger partial charge is 0.307 e. The molecule has 0 aromatic rings. The molecule has 116 valence electrons. The van der Waals surface area contributed by atoms with Gasteiger partial charge in [-0.3, -0.25) is 9.59 Å². The summed E-state index contributed by atoms with van der Waals surface area (Å²) in [5, 5.41) is 0. The van der Waals surface area contributed by atoms with Gasteiger partial charge in [0.2, 0.25) is 5.91 Å². The van der Waals surface area contributed by atoms with E-state index in [0.29, 0.717) is 13.1 Å². The maximum atomic E-state index is 12.6. The quantitative estimate of drug-likeness (QED) is 0.671. The van der Waals surface area contributed by atoms with Gasteiger partial charge in [0.1, 0.15) is 0 Å². The van der Waals surface area contributed by atoms with Gasteiger partial charge in [0.25, 0.3) is 0 Å². The molecule has 5 nitrogen and oxygen atoms in total. The molecule has 1 aliphatic rings. The summed E-state index contributed by atoms with van der Waals surface area (Å²) < 4.78 is 10.3. The summed E-state index contributed by atoms with van der Waals surface area (Å²) in [4.78, 5) is 25.7. The van der Waals surface area contributed by atoms with Crippen LogP contribution in [0.15, 0.2) is 0 Å². The van der Waals surface area contributed by atoms with E-state index in [-0.39, 0.29) is 24.4 Å². The zero-order valence-electron chi connectivity index (χ0n) is 13.1. The zero-order chi connectivity index (χ0) is 15.2. The number of hydrogen-bond acceptors (Lipinski definition) is 4. The Labute approximate surface area is 121 Å². The Kier molecular flexibility index (Phi) is 6.46. The SMILES string of the molecule is CCC(C)(C)C(=O)N(CCC(=O)OC)CC1CCCO1. The fraction of sp³-hybridized carbons (Fsp3) is 0.867. The van der Waals surface area contributed by atoms with E-state index in [9.17, 15) is 9.59 Å². The Bertz CT molecular complexity index is 335. The van der Waals surface area contributed by atoms with Gasteiger partial charge < -0.3 is 14.4 Å². The van der Waals surface area contributed by atoms with Gasteiger partial charge in [0.15, 0.2) is 0 Å². The molecule has 1 unspecified atom stereocenters. The summed E-state index contributed by atoms with van der Waals surface area (Å²) in [7, 11) is 1.37. The second kappa shape index (κ2) is 7.62. The molecule has 0 N–H and O–H groups in total. The zero-order valence-corrected chi connectivity index (χ0v) is 13.1. The minimum absolute atomic E-state index is 0.0828. The first-order valence-electron chi connectivity index (χ1n) is 7.38. The predicted molar refractivity (Wildman–Crippen MR) is 76.3 cm³/mol. The van der Waals surface area contributed by atoms with Crippen molar-refractivity contribution in [1.29, 1.82) is 0 Å². The molecule has 0 radical (unpaired) electrons. The monoisotopic (exact) mass is 285 g/mol. The number of nitrogens with zero attached hydrogens (tertiary/aromatic N) is 1. The average Bonchev–Trinajstić information content (AvgIpc) is 2.95. The van der Waals surface area contributed by atoms with Gasteiger partial charge in [-0.2, -0.15) is 0 Å². The number of ether oxygens (including phenoxy) is 2. The largest absolute Gasteiger partial charge is 0.469 e. The maximum Gasteiger partial charge on any atom is 0.307 e. The van der Waals surface area contributed by atoms with Crippen molar-refractivity contribution >= 4 is 11.9 Å². The average molecular weight is 285 g/mol. The number of methoxy groups -OCH3 is 1. The third-order valence-corrected chi connectivity index (χ3v) is 4.01. The third kappa shape index (κ3) is 4.78. The Balaban J connectivity index is 2.66. The summed E-state index contributed by atoms with van der Waals surface area (Å²) >= 11 is 0. The first-order valence-corrected chi connectivity index (χ1v) is 7.38. The third-order valence-electron chi connectivity index (χ3n) is 4.01. The molecule has 0 spiro atoms. The summed E-state index contributed by atoms with van der Waals surface area (Å²) in [6.07, 6.45) is 3.13. The highest BCUT2D eigenvalue weighted by Crippen LogP contribution is 2.24. The van der Waals surface area contributed by atoms with Crippen molar-refractivity contribution in [2.24, 2.45) is 5.41 Å². The van der Waals surface area contributed by atoms with Gasteiger partial charge >= 0.3 is 5.97 Å². The minimum atomic E-state index is -0.408.